The Hall–Kier alpha value is -7.56. The van der Waals surface area contributed by atoms with Gasteiger partial charge in [0.1, 0.15) is 0 Å². The molecule has 0 bridgehead atoms. The van der Waals surface area contributed by atoms with Gasteiger partial charge in [-0.2, -0.15) is 0 Å². The zero-order valence-electron chi connectivity index (χ0n) is 31.3. The summed E-state index contributed by atoms with van der Waals surface area (Å²) in [6.07, 6.45) is 10.3. The molecule has 270 valence electrons. The minimum absolute atomic E-state index is 0.692. The summed E-state index contributed by atoms with van der Waals surface area (Å²) in [5, 5.41) is 2.40. The number of anilines is 2. The molecule has 9 aromatic rings. The highest BCUT2D eigenvalue weighted by Crippen LogP contribution is 2.39. The van der Waals surface area contributed by atoms with Gasteiger partial charge in [0.25, 0.3) is 0 Å². The van der Waals surface area contributed by atoms with Crippen LogP contribution in [-0.2, 0) is 0 Å². The van der Waals surface area contributed by atoms with Crippen molar-refractivity contribution in [2.24, 2.45) is 0 Å². The second-order valence-corrected chi connectivity index (χ2v) is 14.3. The van der Waals surface area contributed by atoms with Crippen molar-refractivity contribution in [3.63, 3.8) is 0 Å². The lowest BCUT2D eigenvalue weighted by Gasteiger charge is -2.27. The van der Waals surface area contributed by atoms with Gasteiger partial charge >= 0.3 is 0 Å². The van der Waals surface area contributed by atoms with Crippen LogP contribution in [0.5, 0.6) is 0 Å². The molecule has 7 aromatic carbocycles. The van der Waals surface area contributed by atoms with Crippen LogP contribution in [0.1, 0.15) is 5.56 Å². The number of nitrogens with zero attached hydrogens (tertiary/aromatic N) is 4. The molecule has 10 rings (SSSR count). The largest absolute Gasteiger partial charge is 0.337 e. The van der Waals surface area contributed by atoms with E-state index in [0.29, 0.717) is 5.82 Å². The van der Waals surface area contributed by atoms with Crippen molar-refractivity contribution in [2.45, 2.75) is 0 Å². The maximum atomic E-state index is 5.04. The molecule has 2 aromatic heterocycles. The van der Waals surface area contributed by atoms with E-state index in [1.165, 1.54) is 21.9 Å². The Balaban J connectivity index is 1.02. The summed E-state index contributed by atoms with van der Waals surface area (Å²) in [7, 11) is 0. The number of hydrogen-bond acceptors (Lipinski definition) is 3. The van der Waals surface area contributed by atoms with Gasteiger partial charge in [-0.3, -0.25) is 0 Å². The van der Waals surface area contributed by atoms with Crippen LogP contribution >= 0.6 is 0 Å². The van der Waals surface area contributed by atoms with Gasteiger partial charge in [-0.1, -0.05) is 146 Å². The molecule has 0 radical (unpaired) electrons. The van der Waals surface area contributed by atoms with Crippen molar-refractivity contribution < 1.29 is 0 Å². The van der Waals surface area contributed by atoms with E-state index in [2.05, 4.69) is 204 Å². The lowest BCUT2D eigenvalue weighted by molar-refractivity contribution is 1.09. The smallest absolute Gasteiger partial charge is 0.159 e. The highest BCUT2D eigenvalue weighted by molar-refractivity contribution is 6.10. The third-order valence-electron chi connectivity index (χ3n) is 10.8. The Bertz CT molecular complexity index is 2990. The zero-order valence-corrected chi connectivity index (χ0v) is 31.3. The van der Waals surface area contributed by atoms with E-state index in [-0.39, 0.29) is 0 Å². The van der Waals surface area contributed by atoms with Crippen molar-refractivity contribution in [1.82, 2.24) is 14.5 Å². The molecule has 0 aliphatic carbocycles. The predicted octanol–water partition coefficient (Wildman–Crippen LogP) is 13.5. The number of rotatable bonds is 6. The van der Waals surface area contributed by atoms with Crippen molar-refractivity contribution in [1.29, 1.82) is 0 Å². The van der Waals surface area contributed by atoms with Crippen molar-refractivity contribution in [2.75, 3.05) is 11.4 Å². The SMILES string of the molecule is C=C1/C=C\C=C/CN(c2ccccc2)c2ccc(-c3ccc4c(c3)c3ccccc3n4-c3cccc(-c4nccc(-c5ccc(-c6ccccc6)cc5)n4)c3)cc21. The fourth-order valence-electron chi connectivity index (χ4n) is 8.00. The van der Waals surface area contributed by atoms with Crippen LogP contribution in [-0.4, -0.2) is 21.1 Å². The van der Waals surface area contributed by atoms with E-state index in [0.717, 1.165) is 73.7 Å². The molecule has 3 heterocycles. The summed E-state index contributed by atoms with van der Waals surface area (Å²) >= 11 is 0. The van der Waals surface area contributed by atoms with Gasteiger partial charge in [0.2, 0.25) is 0 Å². The third-order valence-corrected chi connectivity index (χ3v) is 10.8. The van der Waals surface area contributed by atoms with Crippen LogP contribution in [0.4, 0.5) is 11.4 Å². The third kappa shape index (κ3) is 6.43. The van der Waals surface area contributed by atoms with Gasteiger partial charge in [0, 0.05) is 57.3 Å². The summed E-state index contributed by atoms with van der Waals surface area (Å²) in [5.74, 6) is 0.692. The fraction of sp³-hybridized carbons (Fsp3) is 0.0189. The second-order valence-electron chi connectivity index (χ2n) is 14.3. The quantitative estimate of drug-likeness (QED) is 0.171. The number of para-hydroxylation sites is 2. The molecule has 4 heteroatoms. The normalized spacial score (nSPS) is 13.8. The van der Waals surface area contributed by atoms with Crippen LogP contribution in [0.2, 0.25) is 0 Å². The van der Waals surface area contributed by atoms with Gasteiger partial charge in [0.05, 0.1) is 16.7 Å². The Labute approximate surface area is 332 Å². The second kappa shape index (κ2) is 14.6. The minimum Gasteiger partial charge on any atom is -0.337 e. The van der Waals surface area contributed by atoms with Crippen LogP contribution in [0.25, 0.3) is 78.0 Å². The number of allylic oxidation sites excluding steroid dienone is 4. The highest BCUT2D eigenvalue weighted by atomic mass is 15.1. The van der Waals surface area contributed by atoms with E-state index in [1.54, 1.807) is 0 Å². The molecular weight excluding hydrogens is 693 g/mol. The number of fused-ring (bicyclic) bond motifs is 4. The molecule has 0 N–H and O–H groups in total. The van der Waals surface area contributed by atoms with Crippen molar-refractivity contribution in [3.05, 3.63) is 219 Å². The average molecular weight is 731 g/mol. The number of aromatic nitrogens is 3. The molecule has 0 spiro atoms. The van der Waals surface area contributed by atoms with Crippen LogP contribution in [0.15, 0.2) is 213 Å². The Morgan fingerprint density at radius 1 is 0.491 bits per heavy atom. The van der Waals surface area contributed by atoms with E-state index >= 15 is 0 Å². The summed E-state index contributed by atoms with van der Waals surface area (Å²) in [5.41, 5.74) is 15.3. The van der Waals surface area contributed by atoms with Gasteiger partial charge < -0.3 is 9.47 Å². The summed E-state index contributed by atoms with van der Waals surface area (Å²) in [6, 6.07) is 62.4. The van der Waals surface area contributed by atoms with E-state index in [4.69, 9.17) is 9.97 Å². The molecule has 0 atom stereocenters. The van der Waals surface area contributed by atoms with E-state index in [1.807, 2.05) is 18.3 Å². The summed E-state index contributed by atoms with van der Waals surface area (Å²) < 4.78 is 2.35. The van der Waals surface area contributed by atoms with Crippen LogP contribution in [0.3, 0.4) is 0 Å². The van der Waals surface area contributed by atoms with E-state index in [9.17, 15) is 0 Å². The van der Waals surface area contributed by atoms with Crippen LogP contribution in [0, 0.1) is 0 Å². The van der Waals surface area contributed by atoms with E-state index < -0.39 is 0 Å². The lowest BCUT2D eigenvalue weighted by atomic mass is 9.96. The Kier molecular flexibility index (Phi) is 8.69. The number of benzene rings is 7. The molecule has 1 aliphatic rings. The lowest BCUT2D eigenvalue weighted by Crippen LogP contribution is -2.18. The topological polar surface area (TPSA) is 34.0 Å². The monoisotopic (exact) mass is 730 g/mol. The van der Waals surface area contributed by atoms with Gasteiger partial charge in [-0.25, -0.2) is 9.97 Å². The standard InChI is InChI=1S/C53H38N4/c1-37-14-5-4-12-33-56(44-18-8-3-9-19-44)50-29-27-41(35-47(37)50)42-28-30-52-48(36-42)46-21-10-11-22-51(46)57(52)45-20-13-17-43(34-45)53-54-32-31-49(55-53)40-25-23-39(24-26-40)38-15-6-2-7-16-38/h2-32,34-36H,1,33H2/b12-4-,14-5-. The predicted molar refractivity (Wildman–Crippen MR) is 239 cm³/mol. The molecule has 0 saturated heterocycles. The molecule has 0 saturated carbocycles. The molecule has 1 aliphatic heterocycles. The Morgan fingerprint density at radius 2 is 1.16 bits per heavy atom. The maximum Gasteiger partial charge on any atom is 0.159 e. The average Bonchev–Trinajstić information content (AvgIpc) is 3.65. The van der Waals surface area contributed by atoms with Crippen molar-refractivity contribution in [3.8, 4) is 50.6 Å². The minimum atomic E-state index is 0.692. The first-order valence-corrected chi connectivity index (χ1v) is 19.3. The van der Waals surface area contributed by atoms with Gasteiger partial charge in [-0.15, -0.1) is 0 Å². The molecule has 57 heavy (non-hydrogen) atoms. The molecule has 0 unspecified atom stereocenters. The van der Waals surface area contributed by atoms with Gasteiger partial charge in [0.15, 0.2) is 5.82 Å². The number of hydrogen-bond donors (Lipinski definition) is 0. The first-order chi connectivity index (χ1) is 28.2. The fourth-order valence-corrected chi connectivity index (χ4v) is 8.00. The molecule has 0 amide bonds. The summed E-state index contributed by atoms with van der Waals surface area (Å²) in [6.45, 7) is 5.26. The summed E-state index contributed by atoms with van der Waals surface area (Å²) in [4.78, 5) is 12.1. The first-order valence-electron chi connectivity index (χ1n) is 19.3. The molecule has 0 fully saturated rings. The molecule has 4 nitrogen and oxygen atoms in total. The van der Waals surface area contributed by atoms with Crippen molar-refractivity contribution >= 4 is 38.8 Å². The van der Waals surface area contributed by atoms with Crippen LogP contribution < -0.4 is 4.90 Å². The highest BCUT2D eigenvalue weighted by Gasteiger charge is 2.18. The van der Waals surface area contributed by atoms with Gasteiger partial charge in [-0.05, 0) is 88.5 Å². The molecular formula is C53H38N4. The maximum absolute atomic E-state index is 5.04. The zero-order chi connectivity index (χ0) is 38.1. The Morgan fingerprint density at radius 3 is 2.02 bits per heavy atom. The first kappa shape index (κ1) is 34.0.